The summed E-state index contributed by atoms with van der Waals surface area (Å²) in [4.78, 5) is 39.8. The molecule has 0 spiro atoms. The predicted molar refractivity (Wildman–Crippen MR) is 108 cm³/mol. The van der Waals surface area contributed by atoms with E-state index in [-0.39, 0.29) is 11.5 Å². The summed E-state index contributed by atoms with van der Waals surface area (Å²) in [7, 11) is 0. The van der Waals surface area contributed by atoms with Crippen LogP contribution >= 0.6 is 11.3 Å². The lowest BCUT2D eigenvalue weighted by molar-refractivity contribution is -0.119. The number of carbonyl (C=O) groups excluding carboxylic acids is 3. The van der Waals surface area contributed by atoms with E-state index in [1.807, 2.05) is 31.2 Å². The van der Waals surface area contributed by atoms with E-state index in [2.05, 4.69) is 10.3 Å². The van der Waals surface area contributed by atoms with Crippen molar-refractivity contribution in [3.8, 4) is 10.6 Å². The summed E-state index contributed by atoms with van der Waals surface area (Å²) in [6, 6.07) is 14.4. The van der Waals surface area contributed by atoms with Crippen molar-refractivity contribution in [3.63, 3.8) is 0 Å². The zero-order chi connectivity index (χ0) is 20.1. The number of hydrogen-bond donors (Lipinski definition) is 1. The molecule has 1 heterocycles. The molecule has 1 aromatic heterocycles. The highest BCUT2D eigenvalue weighted by atomic mass is 32.1. The van der Waals surface area contributed by atoms with E-state index < -0.39 is 18.5 Å². The van der Waals surface area contributed by atoms with Crippen molar-refractivity contribution >= 4 is 34.7 Å². The van der Waals surface area contributed by atoms with E-state index in [0.717, 1.165) is 11.1 Å². The second-order valence-electron chi connectivity index (χ2n) is 6.17. The van der Waals surface area contributed by atoms with E-state index in [9.17, 15) is 14.4 Å². The first-order valence-electron chi connectivity index (χ1n) is 8.53. The molecular weight excluding hydrogens is 376 g/mol. The standard InChI is InChI=1S/C21H18N2O4S/c1-13-6-8-15(9-7-13)20-23-18(12-28-20)21(26)27-11-19(25)22-17-5-3-4-16(10-17)14(2)24/h3-10,12H,11H2,1-2H3,(H,22,25). The van der Waals surface area contributed by atoms with Crippen LogP contribution in [0.15, 0.2) is 53.9 Å². The van der Waals surface area contributed by atoms with Crippen LogP contribution in [0.5, 0.6) is 0 Å². The lowest BCUT2D eigenvalue weighted by Crippen LogP contribution is -2.21. The van der Waals surface area contributed by atoms with Crippen LogP contribution in [0.4, 0.5) is 5.69 Å². The number of rotatable bonds is 6. The van der Waals surface area contributed by atoms with Crippen LogP contribution in [-0.2, 0) is 9.53 Å². The summed E-state index contributed by atoms with van der Waals surface area (Å²) in [6.45, 7) is 3.00. The molecule has 6 nitrogen and oxygen atoms in total. The third-order valence-corrected chi connectivity index (χ3v) is 4.79. The van der Waals surface area contributed by atoms with E-state index in [1.54, 1.807) is 29.6 Å². The van der Waals surface area contributed by atoms with Gasteiger partial charge in [0, 0.05) is 22.2 Å². The molecule has 1 N–H and O–H groups in total. The van der Waals surface area contributed by atoms with Gasteiger partial charge in [0.2, 0.25) is 0 Å². The molecule has 0 aliphatic heterocycles. The van der Waals surface area contributed by atoms with Gasteiger partial charge in [-0.2, -0.15) is 0 Å². The minimum absolute atomic E-state index is 0.101. The highest BCUT2D eigenvalue weighted by molar-refractivity contribution is 7.13. The van der Waals surface area contributed by atoms with Crippen molar-refractivity contribution in [2.24, 2.45) is 0 Å². The minimum Gasteiger partial charge on any atom is -0.451 e. The third-order valence-electron chi connectivity index (χ3n) is 3.90. The minimum atomic E-state index is -0.665. The molecule has 142 valence electrons. The van der Waals surface area contributed by atoms with Gasteiger partial charge >= 0.3 is 5.97 Å². The normalized spacial score (nSPS) is 10.4. The van der Waals surface area contributed by atoms with Gasteiger partial charge in [0.05, 0.1) is 0 Å². The number of aromatic nitrogens is 1. The van der Waals surface area contributed by atoms with Crippen LogP contribution in [-0.4, -0.2) is 29.3 Å². The van der Waals surface area contributed by atoms with Crippen LogP contribution in [0, 0.1) is 6.92 Å². The van der Waals surface area contributed by atoms with Crippen molar-refractivity contribution < 1.29 is 19.1 Å². The molecule has 0 aliphatic rings. The molecule has 0 atom stereocenters. The Morgan fingerprint density at radius 3 is 2.57 bits per heavy atom. The Labute approximate surface area is 166 Å². The molecule has 0 unspecified atom stereocenters. The molecule has 0 aliphatic carbocycles. The van der Waals surface area contributed by atoms with Crippen molar-refractivity contribution in [3.05, 3.63) is 70.7 Å². The topological polar surface area (TPSA) is 85.4 Å². The number of hydrogen-bond acceptors (Lipinski definition) is 6. The number of ketones is 1. The van der Waals surface area contributed by atoms with Gasteiger partial charge < -0.3 is 10.1 Å². The number of Topliss-reactive ketones (excluding diaryl/α,β-unsaturated/α-hetero) is 1. The fourth-order valence-electron chi connectivity index (χ4n) is 2.41. The smallest absolute Gasteiger partial charge is 0.358 e. The van der Waals surface area contributed by atoms with Gasteiger partial charge in [-0.15, -0.1) is 11.3 Å². The number of amides is 1. The van der Waals surface area contributed by atoms with E-state index >= 15 is 0 Å². The number of anilines is 1. The Morgan fingerprint density at radius 2 is 1.86 bits per heavy atom. The van der Waals surface area contributed by atoms with Crippen molar-refractivity contribution in [2.45, 2.75) is 13.8 Å². The summed E-state index contributed by atoms with van der Waals surface area (Å²) >= 11 is 1.33. The van der Waals surface area contributed by atoms with Gasteiger partial charge in [0.1, 0.15) is 5.01 Å². The van der Waals surface area contributed by atoms with Crippen molar-refractivity contribution in [1.82, 2.24) is 4.98 Å². The SMILES string of the molecule is CC(=O)c1cccc(NC(=O)COC(=O)c2csc(-c3ccc(C)cc3)n2)c1. The number of ether oxygens (including phenoxy) is 1. The first kappa shape index (κ1) is 19.4. The molecule has 3 rings (SSSR count). The maximum absolute atomic E-state index is 12.1. The summed E-state index contributed by atoms with van der Waals surface area (Å²) in [5.74, 6) is -1.26. The second-order valence-corrected chi connectivity index (χ2v) is 7.02. The summed E-state index contributed by atoms with van der Waals surface area (Å²) in [5, 5.41) is 4.90. The van der Waals surface area contributed by atoms with Gasteiger partial charge in [-0.3, -0.25) is 9.59 Å². The van der Waals surface area contributed by atoms with Crippen LogP contribution in [0.25, 0.3) is 10.6 Å². The van der Waals surface area contributed by atoms with Crippen LogP contribution < -0.4 is 5.32 Å². The number of carbonyl (C=O) groups is 3. The van der Waals surface area contributed by atoms with Gasteiger partial charge in [-0.25, -0.2) is 9.78 Å². The molecule has 0 saturated heterocycles. The fourth-order valence-corrected chi connectivity index (χ4v) is 3.21. The molecule has 0 saturated carbocycles. The largest absolute Gasteiger partial charge is 0.451 e. The highest BCUT2D eigenvalue weighted by Crippen LogP contribution is 2.24. The average Bonchev–Trinajstić information content (AvgIpc) is 3.17. The third kappa shape index (κ3) is 4.89. The zero-order valence-electron chi connectivity index (χ0n) is 15.4. The van der Waals surface area contributed by atoms with Crippen LogP contribution in [0.3, 0.4) is 0 Å². The molecule has 7 heteroatoms. The second kappa shape index (κ2) is 8.58. The molecule has 28 heavy (non-hydrogen) atoms. The van der Waals surface area contributed by atoms with Gasteiger partial charge in [0.15, 0.2) is 18.1 Å². The fraction of sp³-hybridized carbons (Fsp3) is 0.143. The molecule has 2 aromatic carbocycles. The number of thiazole rings is 1. The van der Waals surface area contributed by atoms with Gasteiger partial charge in [-0.1, -0.05) is 42.0 Å². The quantitative estimate of drug-likeness (QED) is 0.502. The number of esters is 1. The van der Waals surface area contributed by atoms with E-state index in [0.29, 0.717) is 16.3 Å². The predicted octanol–water partition coefficient (Wildman–Crippen LogP) is 4.12. The number of benzene rings is 2. The van der Waals surface area contributed by atoms with Crippen molar-refractivity contribution in [1.29, 1.82) is 0 Å². The average molecular weight is 394 g/mol. The number of nitrogens with zero attached hydrogens (tertiary/aromatic N) is 1. The summed E-state index contributed by atoms with van der Waals surface area (Å²) < 4.78 is 5.03. The Bertz CT molecular complexity index is 1020. The lowest BCUT2D eigenvalue weighted by Gasteiger charge is -2.06. The van der Waals surface area contributed by atoms with E-state index in [4.69, 9.17) is 4.74 Å². The Morgan fingerprint density at radius 1 is 1.11 bits per heavy atom. The Hall–Kier alpha value is -3.32. The van der Waals surface area contributed by atoms with E-state index in [1.165, 1.54) is 18.3 Å². The lowest BCUT2D eigenvalue weighted by atomic mass is 10.1. The maximum atomic E-state index is 12.1. The molecule has 1 amide bonds. The highest BCUT2D eigenvalue weighted by Gasteiger charge is 2.15. The summed E-state index contributed by atoms with van der Waals surface area (Å²) in [6.07, 6.45) is 0. The zero-order valence-corrected chi connectivity index (χ0v) is 16.2. The number of nitrogens with one attached hydrogen (secondary N) is 1. The molecule has 0 radical (unpaired) electrons. The summed E-state index contributed by atoms with van der Waals surface area (Å²) in [5.41, 5.74) is 3.16. The van der Waals surface area contributed by atoms with Crippen molar-refractivity contribution in [2.75, 3.05) is 11.9 Å². The molecular formula is C21H18N2O4S. The molecule has 0 fully saturated rings. The molecule has 0 bridgehead atoms. The number of aryl methyl sites for hydroxylation is 1. The van der Waals surface area contributed by atoms with Crippen LogP contribution in [0.1, 0.15) is 33.3 Å². The van der Waals surface area contributed by atoms with Crippen LogP contribution in [0.2, 0.25) is 0 Å². The van der Waals surface area contributed by atoms with Gasteiger partial charge in [-0.05, 0) is 26.0 Å². The van der Waals surface area contributed by atoms with Gasteiger partial charge in [0.25, 0.3) is 5.91 Å². The Kier molecular flexibility index (Phi) is 5.96. The Balaban J connectivity index is 1.57. The monoisotopic (exact) mass is 394 g/mol. The first-order chi connectivity index (χ1) is 13.4. The first-order valence-corrected chi connectivity index (χ1v) is 9.41. The maximum Gasteiger partial charge on any atom is 0.358 e. The molecule has 3 aromatic rings.